The first kappa shape index (κ1) is 14.6. The smallest absolute Gasteiger partial charge is 0.131 e. The van der Waals surface area contributed by atoms with Crippen molar-refractivity contribution in [1.82, 2.24) is 5.32 Å². The van der Waals surface area contributed by atoms with E-state index in [1.54, 1.807) is 0 Å². The standard InChI is InChI=1S/C18H23NO/c1-4-11-19-13-16-12-14(2)9-10-18(16)20-17-8-6-5-7-15(17)3/h5-10,12,19H,4,11,13H2,1-3H3. The third kappa shape index (κ3) is 3.84. The van der Waals surface area contributed by atoms with Crippen LogP contribution in [0.1, 0.15) is 30.0 Å². The lowest BCUT2D eigenvalue weighted by molar-refractivity contribution is 0.469. The quantitative estimate of drug-likeness (QED) is 0.774. The van der Waals surface area contributed by atoms with E-state index >= 15 is 0 Å². The summed E-state index contributed by atoms with van der Waals surface area (Å²) in [5.74, 6) is 1.86. The summed E-state index contributed by atoms with van der Waals surface area (Å²) in [6, 6.07) is 14.5. The molecule has 2 heteroatoms. The Morgan fingerprint density at radius 3 is 2.55 bits per heavy atom. The van der Waals surface area contributed by atoms with E-state index in [0.717, 1.165) is 36.6 Å². The first-order valence-corrected chi connectivity index (χ1v) is 7.24. The summed E-state index contributed by atoms with van der Waals surface area (Å²) >= 11 is 0. The van der Waals surface area contributed by atoms with Crippen LogP contribution < -0.4 is 10.1 Å². The average molecular weight is 269 g/mol. The number of para-hydroxylation sites is 1. The minimum Gasteiger partial charge on any atom is -0.457 e. The summed E-state index contributed by atoms with van der Waals surface area (Å²) < 4.78 is 6.09. The average Bonchev–Trinajstić information content (AvgIpc) is 2.44. The van der Waals surface area contributed by atoms with E-state index in [1.165, 1.54) is 11.1 Å². The van der Waals surface area contributed by atoms with Gasteiger partial charge in [0.25, 0.3) is 0 Å². The third-order valence-electron chi connectivity index (χ3n) is 3.27. The van der Waals surface area contributed by atoms with Crippen LogP contribution in [0.4, 0.5) is 0 Å². The molecule has 0 fully saturated rings. The number of nitrogens with one attached hydrogen (secondary N) is 1. The van der Waals surface area contributed by atoms with Gasteiger partial charge >= 0.3 is 0 Å². The number of ether oxygens (including phenoxy) is 1. The third-order valence-corrected chi connectivity index (χ3v) is 3.27. The molecule has 20 heavy (non-hydrogen) atoms. The first-order valence-electron chi connectivity index (χ1n) is 7.24. The largest absolute Gasteiger partial charge is 0.457 e. The van der Waals surface area contributed by atoms with Crippen LogP contribution in [-0.2, 0) is 6.54 Å². The molecule has 2 aromatic rings. The van der Waals surface area contributed by atoms with Crippen molar-refractivity contribution in [3.63, 3.8) is 0 Å². The van der Waals surface area contributed by atoms with E-state index in [2.05, 4.69) is 50.4 Å². The monoisotopic (exact) mass is 269 g/mol. The molecule has 0 aliphatic carbocycles. The first-order chi connectivity index (χ1) is 9.70. The Morgan fingerprint density at radius 2 is 1.80 bits per heavy atom. The van der Waals surface area contributed by atoms with Crippen molar-refractivity contribution >= 4 is 0 Å². The predicted octanol–water partition coefficient (Wildman–Crippen LogP) is 4.60. The van der Waals surface area contributed by atoms with E-state index in [0.29, 0.717) is 0 Å². The van der Waals surface area contributed by atoms with Gasteiger partial charge in [-0.15, -0.1) is 0 Å². The highest BCUT2D eigenvalue weighted by Gasteiger charge is 2.06. The van der Waals surface area contributed by atoms with Crippen LogP contribution in [0.2, 0.25) is 0 Å². The summed E-state index contributed by atoms with van der Waals surface area (Å²) in [6.45, 7) is 8.22. The Bertz CT molecular complexity index is 563. The lowest BCUT2D eigenvalue weighted by atomic mass is 10.1. The van der Waals surface area contributed by atoms with Crippen LogP contribution in [0.25, 0.3) is 0 Å². The molecule has 2 rings (SSSR count). The number of aryl methyl sites for hydroxylation is 2. The van der Waals surface area contributed by atoms with Crippen molar-refractivity contribution in [2.45, 2.75) is 33.7 Å². The van der Waals surface area contributed by atoms with Crippen LogP contribution in [0.5, 0.6) is 11.5 Å². The molecule has 2 nitrogen and oxygen atoms in total. The number of rotatable bonds is 6. The molecule has 0 radical (unpaired) electrons. The molecule has 0 saturated carbocycles. The normalized spacial score (nSPS) is 10.6. The molecule has 0 spiro atoms. The minimum absolute atomic E-state index is 0.844. The molecule has 106 valence electrons. The molecule has 1 N–H and O–H groups in total. The maximum absolute atomic E-state index is 6.09. The molecular weight excluding hydrogens is 246 g/mol. The molecule has 0 atom stereocenters. The number of benzene rings is 2. The maximum atomic E-state index is 6.09. The van der Waals surface area contributed by atoms with Gasteiger partial charge in [0.05, 0.1) is 0 Å². The van der Waals surface area contributed by atoms with Gasteiger partial charge in [-0.2, -0.15) is 0 Å². The van der Waals surface area contributed by atoms with Crippen molar-refractivity contribution in [3.05, 3.63) is 59.2 Å². The van der Waals surface area contributed by atoms with Gasteiger partial charge in [0.2, 0.25) is 0 Å². The zero-order valence-corrected chi connectivity index (χ0v) is 12.6. The molecule has 0 saturated heterocycles. The van der Waals surface area contributed by atoms with Gasteiger partial charge in [0, 0.05) is 12.1 Å². The van der Waals surface area contributed by atoms with Crippen LogP contribution in [0.3, 0.4) is 0 Å². The minimum atomic E-state index is 0.844. The SMILES string of the molecule is CCCNCc1cc(C)ccc1Oc1ccccc1C. The van der Waals surface area contributed by atoms with E-state index in [4.69, 9.17) is 4.74 Å². The topological polar surface area (TPSA) is 21.3 Å². The van der Waals surface area contributed by atoms with Crippen molar-refractivity contribution in [1.29, 1.82) is 0 Å². The highest BCUT2D eigenvalue weighted by Crippen LogP contribution is 2.28. The van der Waals surface area contributed by atoms with Crippen LogP contribution in [0, 0.1) is 13.8 Å². The molecule has 2 aromatic carbocycles. The van der Waals surface area contributed by atoms with Crippen molar-refractivity contribution in [2.75, 3.05) is 6.54 Å². The van der Waals surface area contributed by atoms with Gasteiger partial charge in [-0.3, -0.25) is 0 Å². The van der Waals surface area contributed by atoms with Gasteiger partial charge < -0.3 is 10.1 Å². The van der Waals surface area contributed by atoms with Gasteiger partial charge in [-0.05, 0) is 44.5 Å². The Kier molecular flexibility index (Phi) is 5.19. The fraction of sp³-hybridized carbons (Fsp3) is 0.333. The Labute approximate surface area is 121 Å². The molecule has 0 bridgehead atoms. The molecule has 0 aromatic heterocycles. The van der Waals surface area contributed by atoms with Crippen molar-refractivity contribution in [2.24, 2.45) is 0 Å². The molecule has 0 amide bonds. The lowest BCUT2D eigenvalue weighted by Crippen LogP contribution is -2.14. The molecule has 0 aliphatic heterocycles. The second-order valence-electron chi connectivity index (χ2n) is 5.16. The summed E-state index contributed by atoms with van der Waals surface area (Å²) in [5.41, 5.74) is 3.62. The van der Waals surface area contributed by atoms with Crippen molar-refractivity contribution in [3.8, 4) is 11.5 Å². The van der Waals surface area contributed by atoms with Gasteiger partial charge in [-0.25, -0.2) is 0 Å². The van der Waals surface area contributed by atoms with E-state index < -0.39 is 0 Å². The Morgan fingerprint density at radius 1 is 1.00 bits per heavy atom. The van der Waals surface area contributed by atoms with E-state index in [1.807, 2.05) is 18.2 Å². The van der Waals surface area contributed by atoms with Gasteiger partial charge in [-0.1, -0.05) is 42.8 Å². The summed E-state index contributed by atoms with van der Waals surface area (Å²) in [5, 5.41) is 3.44. The summed E-state index contributed by atoms with van der Waals surface area (Å²) in [6.07, 6.45) is 1.14. The second kappa shape index (κ2) is 7.11. The molecule has 0 aliphatic rings. The highest BCUT2D eigenvalue weighted by atomic mass is 16.5. The van der Waals surface area contributed by atoms with Crippen LogP contribution in [-0.4, -0.2) is 6.54 Å². The zero-order chi connectivity index (χ0) is 14.4. The summed E-state index contributed by atoms with van der Waals surface area (Å²) in [7, 11) is 0. The number of hydrogen-bond donors (Lipinski definition) is 1. The van der Waals surface area contributed by atoms with Crippen molar-refractivity contribution < 1.29 is 4.74 Å². The van der Waals surface area contributed by atoms with Crippen LogP contribution in [0.15, 0.2) is 42.5 Å². The molecular formula is C18H23NO. The predicted molar refractivity (Wildman–Crippen MR) is 84.4 cm³/mol. The summed E-state index contributed by atoms with van der Waals surface area (Å²) in [4.78, 5) is 0. The van der Waals surface area contributed by atoms with Gasteiger partial charge in [0.1, 0.15) is 11.5 Å². The van der Waals surface area contributed by atoms with E-state index in [-0.39, 0.29) is 0 Å². The molecule has 0 unspecified atom stereocenters. The van der Waals surface area contributed by atoms with E-state index in [9.17, 15) is 0 Å². The molecule has 0 heterocycles. The number of hydrogen-bond acceptors (Lipinski definition) is 2. The van der Waals surface area contributed by atoms with Gasteiger partial charge in [0.15, 0.2) is 0 Å². The highest BCUT2D eigenvalue weighted by molar-refractivity contribution is 5.42. The lowest BCUT2D eigenvalue weighted by Gasteiger charge is -2.14. The maximum Gasteiger partial charge on any atom is 0.131 e. The fourth-order valence-electron chi connectivity index (χ4n) is 2.14. The second-order valence-corrected chi connectivity index (χ2v) is 5.16. The fourth-order valence-corrected chi connectivity index (χ4v) is 2.14. The Hall–Kier alpha value is -1.80. The zero-order valence-electron chi connectivity index (χ0n) is 12.6. The van der Waals surface area contributed by atoms with Crippen LogP contribution >= 0.6 is 0 Å². The Balaban J connectivity index is 2.20.